The summed E-state index contributed by atoms with van der Waals surface area (Å²) in [6, 6.07) is 0. The van der Waals surface area contributed by atoms with Crippen LogP contribution in [0.1, 0.15) is 0 Å². The first-order valence-electron chi connectivity index (χ1n) is 2.23. The lowest BCUT2D eigenvalue weighted by atomic mass is 10.7. The number of ether oxygens (including phenoxy) is 1. The molecular weight excluding hydrogens is 110 g/mol. The molecule has 48 valence electrons. The van der Waals surface area contributed by atoms with Crippen LogP contribution in [0, 0.1) is 0 Å². The molecule has 1 N–H and O–H groups in total. The van der Waals surface area contributed by atoms with Gasteiger partial charge in [-0.05, 0) is 0 Å². The van der Waals surface area contributed by atoms with E-state index in [2.05, 4.69) is 15.1 Å². The lowest BCUT2D eigenvalue weighted by Crippen LogP contribution is -2.18. The van der Waals surface area contributed by atoms with Gasteiger partial charge in [0.05, 0.1) is 13.2 Å². The molecule has 0 atom stereocenters. The van der Waals surface area contributed by atoms with Crippen molar-refractivity contribution in [3.63, 3.8) is 0 Å². The molecule has 4 nitrogen and oxygen atoms in total. The Morgan fingerprint density at radius 3 is 3.00 bits per heavy atom. The van der Waals surface area contributed by atoms with E-state index in [0.29, 0.717) is 19.6 Å². The smallest absolute Gasteiger partial charge is 0.312 e. The van der Waals surface area contributed by atoms with Gasteiger partial charge >= 0.3 is 6.47 Å². The first-order chi connectivity index (χ1) is 3.91. The molecule has 0 rings (SSSR count). The largest absolute Gasteiger partial charge is 0.383 e. The molecule has 0 spiro atoms. The van der Waals surface area contributed by atoms with E-state index in [-0.39, 0.29) is 0 Å². The summed E-state index contributed by atoms with van der Waals surface area (Å²) in [6.07, 6.45) is 0. The molecule has 0 heterocycles. The molecule has 0 bridgehead atoms. The van der Waals surface area contributed by atoms with Crippen LogP contribution in [-0.2, 0) is 14.4 Å². The van der Waals surface area contributed by atoms with Crippen LogP contribution >= 0.6 is 0 Å². The van der Waals surface area contributed by atoms with E-state index in [1.54, 1.807) is 7.11 Å². The second kappa shape index (κ2) is 6.39. The molecule has 0 aliphatic carbocycles. The van der Waals surface area contributed by atoms with Crippen molar-refractivity contribution in [2.75, 3.05) is 20.3 Å². The molecule has 0 aliphatic rings. The Kier molecular flexibility index (Phi) is 5.90. The van der Waals surface area contributed by atoms with Crippen LogP contribution < -0.4 is 5.48 Å². The van der Waals surface area contributed by atoms with E-state index < -0.39 is 0 Å². The second-order valence-electron chi connectivity index (χ2n) is 1.10. The van der Waals surface area contributed by atoms with Gasteiger partial charge in [-0.15, -0.1) is 0 Å². The minimum atomic E-state index is 0.329. The van der Waals surface area contributed by atoms with Gasteiger partial charge in [0.25, 0.3) is 0 Å². The van der Waals surface area contributed by atoms with Gasteiger partial charge < -0.3 is 9.57 Å². The van der Waals surface area contributed by atoms with Crippen molar-refractivity contribution in [1.29, 1.82) is 0 Å². The maximum Gasteiger partial charge on any atom is 0.312 e. The van der Waals surface area contributed by atoms with Gasteiger partial charge in [0, 0.05) is 7.11 Å². The molecule has 0 aromatic carbocycles. The van der Waals surface area contributed by atoms with Gasteiger partial charge in [-0.25, -0.2) is 0 Å². The molecule has 0 fully saturated rings. The number of methoxy groups -OCH3 is 1. The maximum atomic E-state index is 9.44. The van der Waals surface area contributed by atoms with Crippen LogP contribution in [0.5, 0.6) is 0 Å². The lowest BCUT2D eigenvalue weighted by Gasteiger charge is -1.96. The zero-order valence-electron chi connectivity index (χ0n) is 4.72. The molecule has 4 heteroatoms. The third kappa shape index (κ3) is 5.39. The van der Waals surface area contributed by atoms with Gasteiger partial charge in [-0.3, -0.25) is 4.79 Å². The molecule has 0 aromatic heterocycles. The number of nitrogens with one attached hydrogen (secondary N) is 1. The van der Waals surface area contributed by atoms with E-state index in [0.717, 1.165) is 0 Å². The second-order valence-corrected chi connectivity index (χ2v) is 1.10. The van der Waals surface area contributed by atoms with Gasteiger partial charge in [0.1, 0.15) is 0 Å². The molecular formula is C4H9NO3. The number of carbonyl (C=O) groups excluding carboxylic acids is 1. The van der Waals surface area contributed by atoms with Crippen LogP contribution in [0.25, 0.3) is 0 Å². The van der Waals surface area contributed by atoms with Crippen molar-refractivity contribution in [2.24, 2.45) is 0 Å². The Hall–Kier alpha value is -0.610. The van der Waals surface area contributed by atoms with E-state index >= 15 is 0 Å². The van der Waals surface area contributed by atoms with Crippen molar-refractivity contribution in [3.8, 4) is 0 Å². The SMILES string of the molecule is COCCNOC=O. The topological polar surface area (TPSA) is 47.6 Å². The number of carbonyl (C=O) groups is 1. The first-order valence-corrected chi connectivity index (χ1v) is 2.23. The molecule has 0 aliphatic heterocycles. The molecule has 0 aromatic rings. The zero-order valence-corrected chi connectivity index (χ0v) is 4.72. The highest BCUT2D eigenvalue weighted by atomic mass is 16.7. The van der Waals surface area contributed by atoms with Crippen molar-refractivity contribution < 1.29 is 14.4 Å². The number of rotatable bonds is 5. The monoisotopic (exact) mass is 119 g/mol. The summed E-state index contributed by atoms with van der Waals surface area (Å²) in [4.78, 5) is 13.6. The van der Waals surface area contributed by atoms with E-state index in [4.69, 9.17) is 0 Å². The third-order valence-electron chi connectivity index (χ3n) is 0.540. The van der Waals surface area contributed by atoms with Crippen molar-refractivity contribution in [1.82, 2.24) is 5.48 Å². The molecule has 8 heavy (non-hydrogen) atoms. The number of hydroxylamine groups is 1. The van der Waals surface area contributed by atoms with Crippen LogP contribution in [0.4, 0.5) is 0 Å². The summed E-state index contributed by atoms with van der Waals surface area (Å²) in [7, 11) is 1.57. The van der Waals surface area contributed by atoms with Gasteiger partial charge in [-0.2, -0.15) is 5.48 Å². The highest BCUT2D eigenvalue weighted by molar-refractivity contribution is 5.36. The zero-order chi connectivity index (χ0) is 6.24. The fourth-order valence-corrected chi connectivity index (χ4v) is 0.237. The Bertz CT molecular complexity index is 57.2. The minimum Gasteiger partial charge on any atom is -0.383 e. The van der Waals surface area contributed by atoms with Crippen LogP contribution in [0.15, 0.2) is 0 Å². The number of hydrogen-bond donors (Lipinski definition) is 1. The van der Waals surface area contributed by atoms with E-state index in [1.165, 1.54) is 0 Å². The van der Waals surface area contributed by atoms with Crippen molar-refractivity contribution in [2.45, 2.75) is 0 Å². The third-order valence-corrected chi connectivity index (χ3v) is 0.540. The van der Waals surface area contributed by atoms with Crippen molar-refractivity contribution in [3.05, 3.63) is 0 Å². The van der Waals surface area contributed by atoms with Gasteiger partial charge in [-0.1, -0.05) is 0 Å². The average molecular weight is 119 g/mol. The first kappa shape index (κ1) is 7.39. The molecule has 0 unspecified atom stereocenters. The Labute approximate surface area is 47.7 Å². The number of hydrogen-bond acceptors (Lipinski definition) is 4. The predicted molar refractivity (Wildman–Crippen MR) is 27.0 cm³/mol. The van der Waals surface area contributed by atoms with Crippen LogP contribution in [0.3, 0.4) is 0 Å². The molecule has 0 amide bonds. The molecule has 0 saturated heterocycles. The fourth-order valence-electron chi connectivity index (χ4n) is 0.237. The summed E-state index contributed by atoms with van der Waals surface area (Å²) in [5.74, 6) is 0. The summed E-state index contributed by atoms with van der Waals surface area (Å²) >= 11 is 0. The van der Waals surface area contributed by atoms with E-state index in [1.807, 2.05) is 0 Å². The fraction of sp³-hybridized carbons (Fsp3) is 0.750. The molecule has 0 saturated carbocycles. The maximum absolute atomic E-state index is 9.44. The highest BCUT2D eigenvalue weighted by Gasteiger charge is 1.79. The summed E-state index contributed by atoms with van der Waals surface area (Å²) < 4.78 is 4.63. The Morgan fingerprint density at radius 1 is 1.75 bits per heavy atom. The van der Waals surface area contributed by atoms with Crippen molar-refractivity contribution >= 4 is 6.47 Å². The normalized spacial score (nSPS) is 8.62. The predicted octanol–water partition coefficient (Wildman–Crippen LogP) is -0.690. The van der Waals surface area contributed by atoms with Gasteiger partial charge in [0.2, 0.25) is 0 Å². The van der Waals surface area contributed by atoms with Crippen LogP contribution in [0.2, 0.25) is 0 Å². The lowest BCUT2D eigenvalue weighted by molar-refractivity contribution is -0.135. The van der Waals surface area contributed by atoms with Gasteiger partial charge in [0.15, 0.2) is 0 Å². The Balaban J connectivity index is 2.62. The van der Waals surface area contributed by atoms with Crippen LogP contribution in [-0.4, -0.2) is 26.7 Å². The quantitative estimate of drug-likeness (QED) is 0.295. The van der Waals surface area contributed by atoms with E-state index in [9.17, 15) is 4.79 Å². The highest BCUT2D eigenvalue weighted by Crippen LogP contribution is 1.61. The standard InChI is InChI=1S/C4H9NO3/c1-7-3-2-5-8-4-6/h4-5H,2-3H2,1H3. The Morgan fingerprint density at radius 2 is 2.50 bits per heavy atom. The minimum absolute atomic E-state index is 0.329. The summed E-state index contributed by atoms with van der Waals surface area (Å²) in [5.41, 5.74) is 2.34. The average Bonchev–Trinajstić information content (AvgIpc) is 1.81. The summed E-state index contributed by atoms with van der Waals surface area (Å²) in [6.45, 7) is 1.39. The summed E-state index contributed by atoms with van der Waals surface area (Å²) in [5, 5.41) is 0. The molecule has 0 radical (unpaired) electrons.